The number of rotatable bonds is 6. The van der Waals surface area contributed by atoms with Crippen LogP contribution >= 0.6 is 11.3 Å². The van der Waals surface area contributed by atoms with Gasteiger partial charge in [-0.2, -0.15) is 0 Å². The summed E-state index contributed by atoms with van der Waals surface area (Å²) in [5.41, 5.74) is 6.80. The number of primary amides is 1. The molecule has 2 aromatic heterocycles. The second-order valence-corrected chi connectivity index (χ2v) is 5.94. The molecule has 0 unspecified atom stereocenters. The molecule has 0 spiro atoms. The topological polar surface area (TPSA) is 95.4 Å². The van der Waals surface area contributed by atoms with Gasteiger partial charge in [0.05, 0.1) is 6.26 Å². The molecule has 3 aromatic rings. The van der Waals surface area contributed by atoms with E-state index in [1.54, 1.807) is 36.4 Å². The van der Waals surface area contributed by atoms with Crippen LogP contribution in [0.25, 0.3) is 22.0 Å². The number of benzene rings is 1. The van der Waals surface area contributed by atoms with Crippen molar-refractivity contribution in [3.05, 3.63) is 53.1 Å². The van der Waals surface area contributed by atoms with Crippen molar-refractivity contribution in [1.82, 2.24) is 4.98 Å². The highest BCUT2D eigenvalue weighted by molar-refractivity contribution is 7.17. The lowest BCUT2D eigenvalue weighted by Gasteiger charge is -2.02. The SMILES string of the molecule is COCC(=O)c1sc(-c2ccccc2C(N)=O)nc1-c1ccco1. The Kier molecular flexibility index (Phi) is 4.54. The van der Waals surface area contributed by atoms with Crippen LogP contribution in [0.5, 0.6) is 0 Å². The number of carbonyl (C=O) groups excluding carboxylic acids is 2. The Morgan fingerprint density at radius 3 is 2.71 bits per heavy atom. The first-order valence-corrected chi connectivity index (χ1v) is 7.89. The summed E-state index contributed by atoms with van der Waals surface area (Å²) in [6.45, 7) is -0.0627. The predicted octanol–water partition coefficient (Wildman–Crippen LogP) is 3.00. The molecule has 1 amide bonds. The van der Waals surface area contributed by atoms with Crippen molar-refractivity contribution in [3.8, 4) is 22.0 Å². The van der Waals surface area contributed by atoms with Gasteiger partial charge in [-0.3, -0.25) is 9.59 Å². The minimum absolute atomic E-state index is 0.0627. The third-order valence-electron chi connectivity index (χ3n) is 3.33. The summed E-state index contributed by atoms with van der Waals surface area (Å²) in [4.78, 5) is 28.9. The molecular formula is C17H14N2O4S. The van der Waals surface area contributed by atoms with Gasteiger partial charge in [-0.15, -0.1) is 11.3 Å². The normalized spacial score (nSPS) is 10.7. The van der Waals surface area contributed by atoms with Gasteiger partial charge < -0.3 is 14.9 Å². The number of methoxy groups -OCH3 is 1. The van der Waals surface area contributed by atoms with Crippen LogP contribution in [0, 0.1) is 0 Å². The molecule has 0 saturated heterocycles. The summed E-state index contributed by atoms with van der Waals surface area (Å²) < 4.78 is 10.3. The lowest BCUT2D eigenvalue weighted by atomic mass is 10.1. The Morgan fingerprint density at radius 1 is 1.25 bits per heavy atom. The number of hydrogen-bond donors (Lipinski definition) is 1. The maximum absolute atomic E-state index is 12.3. The van der Waals surface area contributed by atoms with Crippen molar-refractivity contribution >= 4 is 23.0 Å². The Bertz CT molecular complexity index is 884. The predicted molar refractivity (Wildman–Crippen MR) is 90.0 cm³/mol. The Labute approximate surface area is 141 Å². The van der Waals surface area contributed by atoms with Crippen LogP contribution in [0.4, 0.5) is 0 Å². The number of ether oxygens (including phenoxy) is 1. The number of thiazole rings is 1. The zero-order valence-electron chi connectivity index (χ0n) is 12.8. The number of Topliss-reactive ketones (excluding diaryl/α,β-unsaturated/α-hetero) is 1. The lowest BCUT2D eigenvalue weighted by Crippen LogP contribution is -2.12. The molecule has 0 aliphatic heterocycles. The Morgan fingerprint density at radius 2 is 2.04 bits per heavy atom. The van der Waals surface area contributed by atoms with E-state index in [0.29, 0.717) is 32.5 Å². The highest BCUT2D eigenvalue weighted by Crippen LogP contribution is 2.35. The summed E-state index contributed by atoms with van der Waals surface area (Å²) >= 11 is 1.18. The molecule has 3 rings (SSSR count). The van der Waals surface area contributed by atoms with Crippen molar-refractivity contribution in [2.45, 2.75) is 0 Å². The average Bonchev–Trinajstić information content (AvgIpc) is 3.24. The molecule has 0 radical (unpaired) electrons. The summed E-state index contributed by atoms with van der Waals surface area (Å²) in [6.07, 6.45) is 1.51. The van der Waals surface area contributed by atoms with Crippen LogP contribution in [-0.2, 0) is 4.74 Å². The highest BCUT2D eigenvalue weighted by atomic mass is 32.1. The first-order chi connectivity index (χ1) is 11.6. The van der Waals surface area contributed by atoms with Crippen LogP contribution in [0.1, 0.15) is 20.0 Å². The van der Waals surface area contributed by atoms with E-state index >= 15 is 0 Å². The molecule has 0 fully saturated rings. The number of ketones is 1. The fourth-order valence-corrected chi connectivity index (χ4v) is 3.32. The van der Waals surface area contributed by atoms with Gasteiger partial charge in [-0.25, -0.2) is 4.98 Å². The van der Waals surface area contributed by atoms with Crippen LogP contribution in [0.3, 0.4) is 0 Å². The molecule has 24 heavy (non-hydrogen) atoms. The second kappa shape index (κ2) is 6.77. The molecule has 0 saturated carbocycles. The number of furan rings is 1. The monoisotopic (exact) mass is 342 g/mol. The maximum Gasteiger partial charge on any atom is 0.249 e. The standard InChI is InChI=1S/C17H14N2O4S/c1-22-9-12(20)15-14(13-7-4-8-23-13)19-17(24-15)11-6-3-2-5-10(11)16(18)21/h2-8H,9H2,1H3,(H2,18,21). The number of nitrogens with zero attached hydrogens (tertiary/aromatic N) is 1. The average molecular weight is 342 g/mol. The van der Waals surface area contributed by atoms with Gasteiger partial charge in [0.1, 0.15) is 22.2 Å². The van der Waals surface area contributed by atoms with E-state index < -0.39 is 5.91 Å². The molecule has 6 nitrogen and oxygen atoms in total. The molecule has 0 atom stereocenters. The number of hydrogen-bond acceptors (Lipinski definition) is 6. The van der Waals surface area contributed by atoms with Crippen LogP contribution in [0.2, 0.25) is 0 Å². The molecule has 1 aromatic carbocycles. The summed E-state index contributed by atoms with van der Waals surface area (Å²) in [5.74, 6) is -0.275. The van der Waals surface area contributed by atoms with Gasteiger partial charge >= 0.3 is 0 Å². The van der Waals surface area contributed by atoms with Crippen molar-refractivity contribution in [1.29, 1.82) is 0 Å². The third-order valence-corrected chi connectivity index (χ3v) is 4.46. The maximum atomic E-state index is 12.3. The third kappa shape index (κ3) is 2.99. The van der Waals surface area contributed by atoms with E-state index in [1.807, 2.05) is 0 Å². The minimum atomic E-state index is -0.551. The summed E-state index contributed by atoms with van der Waals surface area (Å²) in [5, 5.41) is 0.523. The molecular weight excluding hydrogens is 328 g/mol. The van der Waals surface area contributed by atoms with E-state index in [0.717, 1.165) is 0 Å². The van der Waals surface area contributed by atoms with Crippen LogP contribution in [0.15, 0.2) is 47.1 Å². The van der Waals surface area contributed by atoms with Gasteiger partial charge in [0.25, 0.3) is 0 Å². The Hall–Kier alpha value is -2.77. The fraction of sp³-hybridized carbons (Fsp3) is 0.118. The van der Waals surface area contributed by atoms with Gasteiger partial charge in [0, 0.05) is 18.2 Å². The van der Waals surface area contributed by atoms with E-state index in [1.165, 1.54) is 24.7 Å². The molecule has 2 N–H and O–H groups in total. The quantitative estimate of drug-likeness (QED) is 0.695. The lowest BCUT2D eigenvalue weighted by molar-refractivity contribution is 0.0852. The highest BCUT2D eigenvalue weighted by Gasteiger charge is 2.23. The summed E-state index contributed by atoms with van der Waals surface area (Å²) in [6, 6.07) is 10.3. The molecule has 2 heterocycles. The van der Waals surface area contributed by atoms with Gasteiger partial charge in [-0.05, 0) is 18.2 Å². The van der Waals surface area contributed by atoms with Gasteiger partial charge in [-0.1, -0.05) is 18.2 Å². The number of nitrogens with two attached hydrogens (primary N) is 1. The van der Waals surface area contributed by atoms with Crippen molar-refractivity contribution in [2.75, 3.05) is 13.7 Å². The molecule has 7 heteroatoms. The summed E-state index contributed by atoms with van der Waals surface area (Å²) in [7, 11) is 1.45. The fourth-order valence-electron chi connectivity index (χ4n) is 2.29. The van der Waals surface area contributed by atoms with Crippen molar-refractivity contribution < 1.29 is 18.7 Å². The number of aromatic nitrogens is 1. The first kappa shape index (κ1) is 16.1. The zero-order valence-corrected chi connectivity index (χ0v) is 13.6. The second-order valence-electron chi connectivity index (χ2n) is 4.94. The number of amides is 1. The van der Waals surface area contributed by atoms with Crippen LogP contribution in [-0.4, -0.2) is 30.4 Å². The van der Waals surface area contributed by atoms with E-state index in [9.17, 15) is 9.59 Å². The zero-order chi connectivity index (χ0) is 17.1. The number of carbonyl (C=O) groups is 2. The molecule has 122 valence electrons. The minimum Gasteiger partial charge on any atom is -0.463 e. The van der Waals surface area contributed by atoms with E-state index in [-0.39, 0.29) is 12.4 Å². The van der Waals surface area contributed by atoms with Crippen molar-refractivity contribution in [2.24, 2.45) is 5.73 Å². The smallest absolute Gasteiger partial charge is 0.249 e. The molecule has 0 aliphatic carbocycles. The Balaban J connectivity index is 2.16. The first-order valence-electron chi connectivity index (χ1n) is 7.08. The van der Waals surface area contributed by atoms with Gasteiger partial charge in [0.2, 0.25) is 11.7 Å². The van der Waals surface area contributed by atoms with Crippen molar-refractivity contribution in [3.63, 3.8) is 0 Å². The molecule has 0 bridgehead atoms. The van der Waals surface area contributed by atoms with E-state index in [2.05, 4.69) is 4.98 Å². The van der Waals surface area contributed by atoms with E-state index in [4.69, 9.17) is 14.9 Å². The van der Waals surface area contributed by atoms with Crippen LogP contribution < -0.4 is 5.73 Å². The molecule has 0 aliphatic rings. The van der Waals surface area contributed by atoms with Gasteiger partial charge in [0.15, 0.2) is 5.76 Å². The largest absolute Gasteiger partial charge is 0.463 e.